The van der Waals surface area contributed by atoms with Gasteiger partial charge in [-0.15, -0.1) is 6.58 Å². The highest BCUT2D eigenvalue weighted by molar-refractivity contribution is 5.68. The number of rotatable bonds is 3. The molecule has 0 saturated heterocycles. The van der Waals surface area contributed by atoms with Gasteiger partial charge in [0.25, 0.3) is 0 Å². The van der Waals surface area contributed by atoms with Crippen molar-refractivity contribution in [2.45, 2.75) is 44.9 Å². The lowest BCUT2D eigenvalue weighted by atomic mass is 9.78. The summed E-state index contributed by atoms with van der Waals surface area (Å²) in [5.41, 5.74) is -0.109. The second-order valence-electron chi connectivity index (χ2n) is 4.05. The maximum Gasteiger partial charge on any atom is 0.304 e. The Bertz CT molecular complexity index is 188. The van der Waals surface area contributed by atoms with Crippen LogP contribution in [-0.2, 0) is 4.79 Å². The van der Waals surface area contributed by atoms with Crippen LogP contribution < -0.4 is 0 Å². The molecule has 2 nitrogen and oxygen atoms in total. The Morgan fingerprint density at radius 2 is 1.85 bits per heavy atom. The molecule has 0 bridgehead atoms. The first-order chi connectivity index (χ1) is 6.18. The van der Waals surface area contributed by atoms with Crippen molar-refractivity contribution in [1.29, 1.82) is 0 Å². The van der Waals surface area contributed by atoms with Crippen LogP contribution in [0.5, 0.6) is 0 Å². The van der Waals surface area contributed by atoms with Crippen molar-refractivity contribution in [2.24, 2.45) is 5.41 Å². The van der Waals surface area contributed by atoms with Crippen LogP contribution in [-0.4, -0.2) is 11.1 Å². The van der Waals surface area contributed by atoms with Crippen molar-refractivity contribution in [3.05, 3.63) is 12.7 Å². The Morgan fingerprint density at radius 1 is 1.31 bits per heavy atom. The third kappa shape index (κ3) is 2.87. The largest absolute Gasteiger partial charge is 0.481 e. The Morgan fingerprint density at radius 3 is 2.23 bits per heavy atom. The highest BCUT2D eigenvalue weighted by atomic mass is 16.4. The van der Waals surface area contributed by atoms with Crippen LogP contribution in [0.15, 0.2) is 12.7 Å². The van der Waals surface area contributed by atoms with Gasteiger partial charge in [0.05, 0.1) is 6.42 Å². The van der Waals surface area contributed by atoms with E-state index in [9.17, 15) is 4.79 Å². The van der Waals surface area contributed by atoms with E-state index in [1.54, 1.807) is 0 Å². The summed E-state index contributed by atoms with van der Waals surface area (Å²) in [6.45, 7) is 3.79. The summed E-state index contributed by atoms with van der Waals surface area (Å²) in [5, 5.41) is 8.81. The molecule has 13 heavy (non-hydrogen) atoms. The Kier molecular flexibility index (Phi) is 3.52. The molecule has 0 heterocycles. The van der Waals surface area contributed by atoms with E-state index in [4.69, 9.17) is 5.11 Å². The third-order valence-electron chi connectivity index (χ3n) is 3.04. The Balaban J connectivity index is 2.64. The van der Waals surface area contributed by atoms with Gasteiger partial charge >= 0.3 is 5.97 Å². The molecule has 0 amide bonds. The van der Waals surface area contributed by atoms with Crippen LogP contribution in [0.1, 0.15) is 44.9 Å². The molecule has 1 aliphatic rings. The number of hydrogen-bond donors (Lipinski definition) is 1. The van der Waals surface area contributed by atoms with Crippen molar-refractivity contribution in [1.82, 2.24) is 0 Å². The average Bonchev–Trinajstić information content (AvgIpc) is 2.30. The zero-order valence-corrected chi connectivity index (χ0v) is 8.09. The molecule has 1 fully saturated rings. The fourth-order valence-electron chi connectivity index (χ4n) is 2.19. The van der Waals surface area contributed by atoms with E-state index in [1.165, 1.54) is 12.8 Å². The van der Waals surface area contributed by atoms with Crippen LogP contribution in [0.3, 0.4) is 0 Å². The molecule has 2 heteroatoms. The number of allylic oxidation sites excluding steroid dienone is 1. The monoisotopic (exact) mass is 182 g/mol. The van der Waals surface area contributed by atoms with E-state index >= 15 is 0 Å². The first-order valence-corrected chi connectivity index (χ1v) is 5.04. The van der Waals surface area contributed by atoms with Crippen molar-refractivity contribution < 1.29 is 9.90 Å². The molecule has 0 aromatic carbocycles. The van der Waals surface area contributed by atoms with Gasteiger partial charge < -0.3 is 5.11 Å². The SMILES string of the molecule is C=CC1(CC(=O)O)CCCCCC1. The summed E-state index contributed by atoms with van der Waals surface area (Å²) in [6.07, 6.45) is 8.93. The van der Waals surface area contributed by atoms with Crippen LogP contribution >= 0.6 is 0 Å². The van der Waals surface area contributed by atoms with Gasteiger partial charge in [0, 0.05) is 0 Å². The molecule has 0 aromatic heterocycles. The molecule has 1 rings (SSSR count). The molecule has 0 unspecified atom stereocenters. The van der Waals surface area contributed by atoms with Gasteiger partial charge in [0.2, 0.25) is 0 Å². The summed E-state index contributed by atoms with van der Waals surface area (Å²) in [6, 6.07) is 0. The Hall–Kier alpha value is -0.790. The van der Waals surface area contributed by atoms with E-state index in [1.807, 2.05) is 6.08 Å². The molecule has 1 N–H and O–H groups in total. The summed E-state index contributed by atoms with van der Waals surface area (Å²) < 4.78 is 0. The van der Waals surface area contributed by atoms with Gasteiger partial charge in [-0.25, -0.2) is 0 Å². The van der Waals surface area contributed by atoms with E-state index in [2.05, 4.69) is 6.58 Å². The molecule has 0 aliphatic heterocycles. The number of carbonyl (C=O) groups is 1. The molecular weight excluding hydrogens is 164 g/mol. The highest BCUT2D eigenvalue weighted by Crippen LogP contribution is 2.38. The summed E-state index contributed by atoms with van der Waals surface area (Å²) in [7, 11) is 0. The fraction of sp³-hybridized carbons (Fsp3) is 0.727. The average molecular weight is 182 g/mol. The van der Waals surface area contributed by atoms with Gasteiger partial charge in [-0.3, -0.25) is 4.79 Å². The standard InChI is InChI=1S/C11H18O2/c1-2-11(9-10(12)13)7-5-3-4-6-8-11/h2H,1,3-9H2,(H,12,13). The van der Waals surface area contributed by atoms with Crippen molar-refractivity contribution in [2.75, 3.05) is 0 Å². The topological polar surface area (TPSA) is 37.3 Å². The zero-order valence-electron chi connectivity index (χ0n) is 8.09. The number of carboxylic acids is 1. The molecule has 0 spiro atoms. The van der Waals surface area contributed by atoms with Crippen LogP contribution in [0.2, 0.25) is 0 Å². The first kappa shape index (κ1) is 10.3. The van der Waals surface area contributed by atoms with Gasteiger partial charge in [-0.2, -0.15) is 0 Å². The van der Waals surface area contributed by atoms with E-state index in [0.717, 1.165) is 25.7 Å². The summed E-state index contributed by atoms with van der Waals surface area (Å²) >= 11 is 0. The predicted molar refractivity (Wildman–Crippen MR) is 52.6 cm³/mol. The van der Waals surface area contributed by atoms with Crippen LogP contribution in [0, 0.1) is 5.41 Å². The minimum absolute atomic E-state index is 0.109. The van der Waals surface area contributed by atoms with Crippen LogP contribution in [0.25, 0.3) is 0 Å². The second-order valence-corrected chi connectivity index (χ2v) is 4.05. The first-order valence-electron chi connectivity index (χ1n) is 5.04. The minimum atomic E-state index is -0.693. The summed E-state index contributed by atoms with van der Waals surface area (Å²) in [4.78, 5) is 10.7. The lowest BCUT2D eigenvalue weighted by Gasteiger charge is -2.26. The zero-order chi connectivity index (χ0) is 9.73. The van der Waals surface area contributed by atoms with Gasteiger partial charge in [0.15, 0.2) is 0 Å². The van der Waals surface area contributed by atoms with Crippen LogP contribution in [0.4, 0.5) is 0 Å². The van der Waals surface area contributed by atoms with E-state index in [-0.39, 0.29) is 11.8 Å². The Labute approximate surface area is 79.6 Å². The van der Waals surface area contributed by atoms with Crippen molar-refractivity contribution in [3.63, 3.8) is 0 Å². The number of carboxylic acid groups (broad SMARTS) is 1. The molecular formula is C11H18O2. The van der Waals surface area contributed by atoms with E-state index in [0.29, 0.717) is 0 Å². The molecule has 74 valence electrons. The number of hydrogen-bond acceptors (Lipinski definition) is 1. The lowest BCUT2D eigenvalue weighted by molar-refractivity contribution is -0.139. The maximum absolute atomic E-state index is 10.7. The fourth-order valence-corrected chi connectivity index (χ4v) is 2.19. The van der Waals surface area contributed by atoms with E-state index < -0.39 is 5.97 Å². The molecule has 0 radical (unpaired) electrons. The molecule has 0 atom stereocenters. The predicted octanol–water partition coefficient (Wildman–Crippen LogP) is 2.99. The lowest BCUT2D eigenvalue weighted by Crippen LogP contribution is -2.21. The quantitative estimate of drug-likeness (QED) is 0.538. The smallest absolute Gasteiger partial charge is 0.304 e. The molecule has 0 aromatic rings. The maximum atomic E-state index is 10.7. The highest BCUT2D eigenvalue weighted by Gasteiger charge is 2.29. The minimum Gasteiger partial charge on any atom is -0.481 e. The third-order valence-corrected chi connectivity index (χ3v) is 3.04. The molecule has 1 aliphatic carbocycles. The normalized spacial score (nSPS) is 21.8. The second kappa shape index (κ2) is 4.45. The number of aliphatic carboxylic acids is 1. The summed E-state index contributed by atoms with van der Waals surface area (Å²) in [5.74, 6) is -0.693. The van der Waals surface area contributed by atoms with Crippen molar-refractivity contribution >= 4 is 5.97 Å². The van der Waals surface area contributed by atoms with Crippen molar-refractivity contribution in [3.8, 4) is 0 Å². The van der Waals surface area contributed by atoms with Gasteiger partial charge in [-0.05, 0) is 18.3 Å². The van der Waals surface area contributed by atoms with Gasteiger partial charge in [0.1, 0.15) is 0 Å². The molecule has 1 saturated carbocycles. The van der Waals surface area contributed by atoms with Gasteiger partial charge in [-0.1, -0.05) is 31.8 Å².